The van der Waals surface area contributed by atoms with E-state index >= 15 is 0 Å². The number of amides is 1. The summed E-state index contributed by atoms with van der Waals surface area (Å²) in [5, 5.41) is 23.6. The number of methoxy groups -OCH3 is 1. The molecule has 182 valence electrons. The minimum absolute atomic E-state index is 0.0723. The number of ether oxygens (including phenoxy) is 1. The lowest BCUT2D eigenvalue weighted by Crippen LogP contribution is -2.20. The summed E-state index contributed by atoms with van der Waals surface area (Å²) in [6.07, 6.45) is 3.66. The van der Waals surface area contributed by atoms with Gasteiger partial charge in [-0.25, -0.2) is 5.43 Å². The molecule has 0 unspecified atom stereocenters. The van der Waals surface area contributed by atoms with Crippen molar-refractivity contribution in [1.29, 1.82) is 0 Å². The van der Waals surface area contributed by atoms with Crippen molar-refractivity contribution in [3.8, 4) is 28.6 Å². The second kappa shape index (κ2) is 11.9. The van der Waals surface area contributed by atoms with E-state index in [0.29, 0.717) is 23.0 Å². The normalized spacial score (nSPS) is 10.9. The molecule has 0 aliphatic heterocycles. The number of hydrazone groups is 1. The number of aromatic hydroxyl groups is 1. The van der Waals surface area contributed by atoms with E-state index in [2.05, 4.69) is 27.3 Å². The first kappa shape index (κ1) is 24.7. The first-order valence-corrected chi connectivity index (χ1v) is 12.1. The number of nitrogens with one attached hydrogen (secondary N) is 1. The van der Waals surface area contributed by atoms with Crippen molar-refractivity contribution in [2.45, 2.75) is 11.6 Å². The number of hydrogen-bond donors (Lipinski definition) is 2. The number of rotatable bonds is 10. The minimum Gasteiger partial charge on any atom is -0.507 e. The van der Waals surface area contributed by atoms with Crippen molar-refractivity contribution in [2.24, 2.45) is 5.10 Å². The Labute approximate surface area is 213 Å². The Hall–Kier alpha value is -4.37. The molecule has 1 aromatic heterocycles. The minimum atomic E-state index is -0.316. The van der Waals surface area contributed by atoms with Gasteiger partial charge in [-0.15, -0.1) is 16.8 Å². The number of thioether (sulfide) groups is 1. The summed E-state index contributed by atoms with van der Waals surface area (Å²) in [4.78, 5) is 12.5. The molecule has 0 saturated carbocycles. The number of phenolic OH excluding ortho intramolecular Hbond substituents is 1. The molecule has 0 bridgehead atoms. The summed E-state index contributed by atoms with van der Waals surface area (Å²) in [6, 6.07) is 22.6. The van der Waals surface area contributed by atoms with Gasteiger partial charge in [-0.05, 0) is 42.3 Å². The Kier molecular flexibility index (Phi) is 8.15. The van der Waals surface area contributed by atoms with Gasteiger partial charge in [0.1, 0.15) is 11.5 Å². The molecule has 0 aliphatic carbocycles. The highest BCUT2D eigenvalue weighted by atomic mass is 32.2. The number of allylic oxidation sites excluding steroid dienone is 1. The Morgan fingerprint density at radius 3 is 2.61 bits per heavy atom. The molecule has 0 aliphatic rings. The fourth-order valence-corrected chi connectivity index (χ4v) is 4.22. The standard InChI is InChI=1S/C27H25N5O3S/c1-3-8-19-11-7-12-21(25(19)34)17-28-29-24(33)18-36-27-31-30-26(20-9-5-4-6-10-20)32(27)22-13-15-23(35-2)16-14-22/h3-7,9-17,34H,1,8,18H2,2H3,(H,29,33). The summed E-state index contributed by atoms with van der Waals surface area (Å²) in [6.45, 7) is 3.69. The van der Waals surface area contributed by atoms with Crippen molar-refractivity contribution in [3.05, 3.63) is 96.6 Å². The monoisotopic (exact) mass is 499 g/mol. The van der Waals surface area contributed by atoms with E-state index in [1.165, 1.54) is 18.0 Å². The van der Waals surface area contributed by atoms with E-state index in [4.69, 9.17) is 4.74 Å². The van der Waals surface area contributed by atoms with Gasteiger partial charge in [-0.2, -0.15) is 5.10 Å². The van der Waals surface area contributed by atoms with Crippen molar-refractivity contribution in [2.75, 3.05) is 12.9 Å². The summed E-state index contributed by atoms with van der Waals surface area (Å²) in [5.74, 6) is 1.27. The lowest BCUT2D eigenvalue weighted by Gasteiger charge is -2.11. The number of para-hydroxylation sites is 1. The first-order valence-electron chi connectivity index (χ1n) is 11.1. The van der Waals surface area contributed by atoms with Gasteiger partial charge in [0.2, 0.25) is 0 Å². The molecule has 3 aromatic carbocycles. The van der Waals surface area contributed by atoms with Crippen LogP contribution in [0.5, 0.6) is 11.5 Å². The van der Waals surface area contributed by atoms with Crippen LogP contribution in [0.3, 0.4) is 0 Å². The molecule has 0 radical (unpaired) electrons. The number of aromatic nitrogens is 3. The lowest BCUT2D eigenvalue weighted by atomic mass is 10.1. The number of benzene rings is 3. The maximum Gasteiger partial charge on any atom is 0.250 e. The Bertz CT molecular complexity index is 1370. The molecule has 1 heterocycles. The smallest absolute Gasteiger partial charge is 0.250 e. The van der Waals surface area contributed by atoms with E-state index in [1.807, 2.05) is 71.3 Å². The highest BCUT2D eigenvalue weighted by Crippen LogP contribution is 2.29. The van der Waals surface area contributed by atoms with E-state index in [-0.39, 0.29) is 17.4 Å². The first-order chi connectivity index (χ1) is 17.6. The van der Waals surface area contributed by atoms with Gasteiger partial charge in [0, 0.05) is 16.8 Å². The largest absolute Gasteiger partial charge is 0.507 e. The fraction of sp³-hybridized carbons (Fsp3) is 0.111. The average molecular weight is 500 g/mol. The van der Waals surface area contributed by atoms with E-state index in [0.717, 1.165) is 22.6 Å². The molecule has 9 heteroatoms. The van der Waals surface area contributed by atoms with Gasteiger partial charge < -0.3 is 9.84 Å². The molecule has 36 heavy (non-hydrogen) atoms. The Morgan fingerprint density at radius 2 is 1.89 bits per heavy atom. The average Bonchev–Trinajstić information content (AvgIpc) is 3.34. The fourth-order valence-electron chi connectivity index (χ4n) is 3.47. The molecule has 0 spiro atoms. The van der Waals surface area contributed by atoms with Crippen molar-refractivity contribution in [3.63, 3.8) is 0 Å². The van der Waals surface area contributed by atoms with Crippen LogP contribution in [0.15, 0.2) is 95.7 Å². The van der Waals surface area contributed by atoms with Crippen LogP contribution >= 0.6 is 11.8 Å². The second-order valence-electron chi connectivity index (χ2n) is 7.64. The van der Waals surface area contributed by atoms with Crippen LogP contribution in [0, 0.1) is 0 Å². The van der Waals surface area contributed by atoms with Crippen LogP contribution in [0.4, 0.5) is 0 Å². The maximum atomic E-state index is 12.5. The zero-order valence-electron chi connectivity index (χ0n) is 19.7. The third kappa shape index (κ3) is 5.81. The number of hydrogen-bond acceptors (Lipinski definition) is 7. The Balaban J connectivity index is 1.49. The van der Waals surface area contributed by atoms with Crippen molar-refractivity contribution < 1.29 is 14.6 Å². The molecule has 1 amide bonds. The van der Waals surface area contributed by atoms with Gasteiger partial charge in [-0.1, -0.05) is 60.3 Å². The third-order valence-corrected chi connectivity index (χ3v) is 6.17. The maximum absolute atomic E-state index is 12.5. The van der Waals surface area contributed by atoms with Gasteiger partial charge in [-0.3, -0.25) is 9.36 Å². The zero-order valence-corrected chi connectivity index (χ0v) is 20.5. The molecule has 0 atom stereocenters. The van der Waals surface area contributed by atoms with E-state index < -0.39 is 0 Å². The van der Waals surface area contributed by atoms with Gasteiger partial charge in [0.15, 0.2) is 11.0 Å². The molecule has 2 N–H and O–H groups in total. The highest BCUT2D eigenvalue weighted by Gasteiger charge is 2.17. The third-order valence-electron chi connectivity index (χ3n) is 5.24. The van der Waals surface area contributed by atoms with Crippen LogP contribution in [-0.2, 0) is 11.2 Å². The molecule has 4 rings (SSSR count). The molecule has 8 nitrogen and oxygen atoms in total. The molecule has 4 aromatic rings. The van der Waals surface area contributed by atoms with Crippen LogP contribution < -0.4 is 10.2 Å². The quantitative estimate of drug-likeness (QED) is 0.143. The number of nitrogens with zero attached hydrogens (tertiary/aromatic N) is 4. The second-order valence-corrected chi connectivity index (χ2v) is 8.58. The SMILES string of the molecule is C=CCc1cccc(C=NNC(=O)CSc2nnc(-c3ccccc3)n2-c2ccc(OC)cc2)c1O. The Morgan fingerprint density at radius 1 is 1.11 bits per heavy atom. The highest BCUT2D eigenvalue weighted by molar-refractivity contribution is 7.99. The van der Waals surface area contributed by atoms with E-state index in [1.54, 1.807) is 19.3 Å². The molecular weight excluding hydrogens is 474 g/mol. The van der Waals surface area contributed by atoms with Crippen molar-refractivity contribution >= 4 is 23.9 Å². The van der Waals surface area contributed by atoms with Crippen LogP contribution in [0.2, 0.25) is 0 Å². The van der Waals surface area contributed by atoms with Gasteiger partial charge in [0.05, 0.1) is 19.1 Å². The van der Waals surface area contributed by atoms with Crippen LogP contribution in [0.1, 0.15) is 11.1 Å². The predicted molar refractivity (Wildman–Crippen MR) is 142 cm³/mol. The number of phenols is 1. The lowest BCUT2D eigenvalue weighted by molar-refractivity contribution is -0.118. The summed E-state index contributed by atoms with van der Waals surface area (Å²) in [5.41, 5.74) is 5.49. The van der Waals surface area contributed by atoms with Gasteiger partial charge >= 0.3 is 0 Å². The van der Waals surface area contributed by atoms with Gasteiger partial charge in [0.25, 0.3) is 5.91 Å². The summed E-state index contributed by atoms with van der Waals surface area (Å²) >= 11 is 1.25. The van der Waals surface area contributed by atoms with Crippen molar-refractivity contribution in [1.82, 2.24) is 20.2 Å². The number of carbonyl (C=O) groups is 1. The zero-order chi connectivity index (χ0) is 25.3. The van der Waals surface area contributed by atoms with Crippen LogP contribution in [0.25, 0.3) is 17.1 Å². The predicted octanol–water partition coefficient (Wildman–Crippen LogP) is 4.62. The molecule has 0 fully saturated rings. The molecule has 0 saturated heterocycles. The number of carbonyl (C=O) groups excluding carboxylic acids is 1. The molecular formula is C27H25N5O3S. The topological polar surface area (TPSA) is 102 Å². The van der Waals surface area contributed by atoms with E-state index in [9.17, 15) is 9.90 Å². The summed E-state index contributed by atoms with van der Waals surface area (Å²) in [7, 11) is 1.62. The summed E-state index contributed by atoms with van der Waals surface area (Å²) < 4.78 is 7.18. The van der Waals surface area contributed by atoms with Crippen LogP contribution in [-0.4, -0.2) is 44.9 Å².